The third-order valence-corrected chi connectivity index (χ3v) is 4.88. The largest absolute Gasteiger partial charge is 0.322 e. The second-order valence-electron chi connectivity index (χ2n) is 5.30. The highest BCUT2D eigenvalue weighted by atomic mass is 32.2. The molecule has 2 aromatic heterocycles. The molecule has 0 spiro atoms. The van der Waals surface area contributed by atoms with Crippen molar-refractivity contribution in [1.82, 2.24) is 9.97 Å². The van der Waals surface area contributed by atoms with Crippen LogP contribution in [0.25, 0.3) is 10.9 Å². The van der Waals surface area contributed by atoms with E-state index in [9.17, 15) is 13.2 Å². The third-order valence-electron chi connectivity index (χ3n) is 3.54. The Hall–Kier alpha value is -2.67. The van der Waals surface area contributed by atoms with Crippen LogP contribution < -0.4 is 10.3 Å². The number of hydrogen-bond donors (Lipinski definition) is 2. The lowest BCUT2D eigenvalue weighted by Gasteiger charge is -2.11. The molecule has 2 N–H and O–H groups in total. The smallest absolute Gasteiger partial charge is 0.263 e. The zero-order valence-electron chi connectivity index (χ0n) is 12.6. The van der Waals surface area contributed by atoms with E-state index in [0.717, 1.165) is 5.56 Å². The summed E-state index contributed by atoms with van der Waals surface area (Å²) in [5.41, 5.74) is 1.85. The molecule has 0 aliphatic carbocycles. The Bertz CT molecular complexity index is 1040. The van der Waals surface area contributed by atoms with E-state index in [2.05, 4.69) is 14.7 Å². The molecule has 2 heterocycles. The fourth-order valence-corrected chi connectivity index (χ4v) is 3.56. The lowest BCUT2D eigenvalue weighted by atomic mass is 10.1. The van der Waals surface area contributed by atoms with Crippen LogP contribution in [0.5, 0.6) is 0 Å². The lowest BCUT2D eigenvalue weighted by molar-refractivity contribution is 0.601. The third kappa shape index (κ3) is 2.95. The summed E-state index contributed by atoms with van der Waals surface area (Å²) in [6.07, 6.45) is 1.51. The number of H-pyrrole nitrogens is 1. The van der Waals surface area contributed by atoms with Gasteiger partial charge < -0.3 is 4.98 Å². The molecule has 0 amide bonds. The van der Waals surface area contributed by atoms with Gasteiger partial charge in [-0.2, -0.15) is 0 Å². The normalized spacial score (nSPS) is 11.6. The standard InChI is InChI=1S/C16H15N3O3S/c1-10-8-15(20)18-16-11(2)7-12(9-13(10)16)23(21,22)19-14-5-3-4-6-17-14/h3-9H,1-2H3,(H,17,19)(H,18,20). The van der Waals surface area contributed by atoms with Gasteiger partial charge in [-0.05, 0) is 49.2 Å². The summed E-state index contributed by atoms with van der Waals surface area (Å²) in [6.45, 7) is 3.54. The minimum atomic E-state index is -3.76. The molecular formula is C16H15N3O3S. The molecule has 0 bridgehead atoms. The Balaban J connectivity index is 2.15. The number of aromatic amines is 1. The zero-order chi connectivity index (χ0) is 16.6. The van der Waals surface area contributed by atoms with Crippen LogP contribution in [0.4, 0.5) is 5.82 Å². The maximum absolute atomic E-state index is 12.6. The van der Waals surface area contributed by atoms with E-state index in [1.165, 1.54) is 18.3 Å². The summed E-state index contributed by atoms with van der Waals surface area (Å²) >= 11 is 0. The van der Waals surface area contributed by atoms with Gasteiger partial charge in [-0.3, -0.25) is 9.52 Å². The number of benzene rings is 1. The van der Waals surface area contributed by atoms with Gasteiger partial charge >= 0.3 is 0 Å². The van der Waals surface area contributed by atoms with Crippen LogP contribution in [-0.4, -0.2) is 18.4 Å². The average molecular weight is 329 g/mol. The van der Waals surface area contributed by atoms with Crippen LogP contribution in [0, 0.1) is 13.8 Å². The molecule has 0 atom stereocenters. The number of aromatic nitrogens is 2. The number of aryl methyl sites for hydroxylation is 2. The molecule has 0 fully saturated rings. The molecule has 0 saturated carbocycles. The van der Waals surface area contributed by atoms with Crippen molar-refractivity contribution in [1.29, 1.82) is 0 Å². The Morgan fingerprint density at radius 3 is 2.57 bits per heavy atom. The van der Waals surface area contributed by atoms with E-state index >= 15 is 0 Å². The molecule has 0 saturated heterocycles. The Morgan fingerprint density at radius 1 is 1.09 bits per heavy atom. The van der Waals surface area contributed by atoms with Crippen LogP contribution in [0.1, 0.15) is 11.1 Å². The first-order valence-corrected chi connectivity index (χ1v) is 8.43. The van der Waals surface area contributed by atoms with Crippen molar-refractivity contribution < 1.29 is 8.42 Å². The van der Waals surface area contributed by atoms with Crippen molar-refractivity contribution in [2.24, 2.45) is 0 Å². The summed E-state index contributed by atoms with van der Waals surface area (Å²) in [4.78, 5) is 18.4. The van der Waals surface area contributed by atoms with Gasteiger partial charge in [0.05, 0.1) is 10.4 Å². The molecule has 0 aliphatic rings. The zero-order valence-corrected chi connectivity index (χ0v) is 13.4. The van der Waals surface area contributed by atoms with Crippen molar-refractivity contribution >= 4 is 26.7 Å². The molecule has 3 rings (SSSR count). The predicted octanol–water partition coefficient (Wildman–Crippen LogP) is 2.34. The van der Waals surface area contributed by atoms with Gasteiger partial charge in [-0.1, -0.05) is 6.07 Å². The minimum absolute atomic E-state index is 0.128. The first-order chi connectivity index (χ1) is 10.9. The predicted molar refractivity (Wildman–Crippen MR) is 89.1 cm³/mol. The minimum Gasteiger partial charge on any atom is -0.322 e. The van der Waals surface area contributed by atoms with E-state index in [-0.39, 0.29) is 16.3 Å². The molecule has 0 radical (unpaired) electrons. The van der Waals surface area contributed by atoms with Gasteiger partial charge in [-0.25, -0.2) is 13.4 Å². The van der Waals surface area contributed by atoms with Gasteiger partial charge in [-0.15, -0.1) is 0 Å². The summed E-state index contributed by atoms with van der Waals surface area (Å²) in [7, 11) is -3.76. The summed E-state index contributed by atoms with van der Waals surface area (Å²) in [5.74, 6) is 0.253. The first kappa shape index (κ1) is 15.2. The molecule has 0 unspecified atom stereocenters. The van der Waals surface area contributed by atoms with Crippen molar-refractivity contribution in [3.63, 3.8) is 0 Å². The van der Waals surface area contributed by atoms with E-state index in [1.54, 1.807) is 38.1 Å². The van der Waals surface area contributed by atoms with Gasteiger partial charge in [0.2, 0.25) is 5.56 Å². The van der Waals surface area contributed by atoms with Crippen molar-refractivity contribution in [3.8, 4) is 0 Å². The molecule has 3 aromatic rings. The SMILES string of the molecule is Cc1cc(=O)[nH]c2c(C)cc(S(=O)(=O)Nc3ccccn3)cc12. The van der Waals surface area contributed by atoms with E-state index in [4.69, 9.17) is 0 Å². The van der Waals surface area contributed by atoms with Crippen LogP contribution in [0.15, 0.2) is 52.3 Å². The number of anilines is 1. The highest BCUT2D eigenvalue weighted by Gasteiger charge is 2.17. The van der Waals surface area contributed by atoms with E-state index < -0.39 is 10.0 Å². The first-order valence-electron chi connectivity index (χ1n) is 6.95. The average Bonchev–Trinajstić information content (AvgIpc) is 2.48. The summed E-state index contributed by atoms with van der Waals surface area (Å²) in [6, 6.07) is 9.52. The van der Waals surface area contributed by atoms with Crippen LogP contribution in [0.2, 0.25) is 0 Å². The number of nitrogens with one attached hydrogen (secondary N) is 2. The van der Waals surface area contributed by atoms with Gasteiger partial charge in [0.25, 0.3) is 10.0 Å². The van der Waals surface area contributed by atoms with Crippen LogP contribution in [-0.2, 0) is 10.0 Å². The molecule has 6 nitrogen and oxygen atoms in total. The molecule has 0 aliphatic heterocycles. The summed E-state index contributed by atoms with van der Waals surface area (Å²) < 4.78 is 27.6. The quantitative estimate of drug-likeness (QED) is 0.771. The van der Waals surface area contributed by atoms with Crippen molar-refractivity contribution in [2.45, 2.75) is 18.7 Å². The van der Waals surface area contributed by atoms with E-state index in [1.807, 2.05) is 0 Å². The second-order valence-corrected chi connectivity index (χ2v) is 6.98. The fourth-order valence-electron chi connectivity index (χ4n) is 2.44. The number of nitrogens with zero attached hydrogens (tertiary/aromatic N) is 1. The Kier molecular flexibility index (Phi) is 3.65. The molecule has 1 aromatic carbocycles. The van der Waals surface area contributed by atoms with Gasteiger partial charge in [0.1, 0.15) is 5.82 Å². The topological polar surface area (TPSA) is 91.9 Å². The van der Waals surface area contributed by atoms with Gasteiger partial charge in [0.15, 0.2) is 0 Å². The number of rotatable bonds is 3. The number of fused-ring (bicyclic) bond motifs is 1. The number of hydrogen-bond acceptors (Lipinski definition) is 4. The monoisotopic (exact) mass is 329 g/mol. The summed E-state index contributed by atoms with van der Waals surface area (Å²) in [5, 5.41) is 0.700. The van der Waals surface area contributed by atoms with Crippen molar-refractivity contribution in [3.05, 3.63) is 64.1 Å². The van der Waals surface area contributed by atoms with Crippen molar-refractivity contribution in [2.75, 3.05) is 4.72 Å². The maximum Gasteiger partial charge on any atom is 0.263 e. The molecular weight excluding hydrogens is 314 g/mol. The molecule has 7 heteroatoms. The maximum atomic E-state index is 12.6. The highest BCUT2D eigenvalue weighted by molar-refractivity contribution is 7.92. The highest BCUT2D eigenvalue weighted by Crippen LogP contribution is 2.24. The lowest BCUT2D eigenvalue weighted by Crippen LogP contribution is -2.14. The number of pyridine rings is 2. The van der Waals surface area contributed by atoms with Gasteiger partial charge in [0, 0.05) is 17.6 Å². The van der Waals surface area contributed by atoms with E-state index in [0.29, 0.717) is 16.5 Å². The van der Waals surface area contributed by atoms with Crippen LogP contribution >= 0.6 is 0 Å². The Morgan fingerprint density at radius 2 is 1.87 bits per heavy atom. The Labute approximate surface area is 133 Å². The fraction of sp³-hybridized carbons (Fsp3) is 0.125. The molecule has 23 heavy (non-hydrogen) atoms. The van der Waals surface area contributed by atoms with Crippen LogP contribution in [0.3, 0.4) is 0 Å². The number of sulfonamides is 1. The second kappa shape index (κ2) is 5.51. The molecule has 118 valence electrons.